The molecule has 1 unspecified atom stereocenters. The van der Waals surface area contributed by atoms with Crippen LogP contribution in [0.15, 0.2) is 23.2 Å². The van der Waals surface area contributed by atoms with Gasteiger partial charge in [0.2, 0.25) is 0 Å². The number of aliphatic imine (C=N–C) groups is 1. The first kappa shape index (κ1) is 22.6. The van der Waals surface area contributed by atoms with Crippen molar-refractivity contribution in [1.82, 2.24) is 25.4 Å². The van der Waals surface area contributed by atoms with Gasteiger partial charge in [-0.25, -0.2) is 18.4 Å². The number of benzene rings is 1. The van der Waals surface area contributed by atoms with Crippen LogP contribution < -0.4 is 10.6 Å². The van der Waals surface area contributed by atoms with Crippen LogP contribution in [0.4, 0.5) is 8.78 Å². The van der Waals surface area contributed by atoms with Gasteiger partial charge in [-0.15, -0.1) is 0 Å². The van der Waals surface area contributed by atoms with E-state index in [-0.39, 0.29) is 11.6 Å². The number of nitrogens with one attached hydrogen (secondary N) is 2. The maximum Gasteiger partial charge on any atom is 0.191 e. The molecule has 0 bridgehead atoms. The minimum absolute atomic E-state index is 0.141. The normalized spacial score (nSPS) is 20.2. The minimum Gasteiger partial charge on any atom is -0.377 e. The lowest BCUT2D eigenvalue weighted by molar-refractivity contribution is 0.177. The lowest BCUT2D eigenvalue weighted by Gasteiger charge is -2.30. The van der Waals surface area contributed by atoms with Gasteiger partial charge in [0, 0.05) is 37.1 Å². The van der Waals surface area contributed by atoms with E-state index in [9.17, 15) is 8.78 Å². The van der Waals surface area contributed by atoms with Crippen molar-refractivity contribution in [2.45, 2.75) is 70.1 Å². The Bertz CT molecular complexity index is 934. The maximum atomic E-state index is 14.6. The lowest BCUT2D eigenvalue weighted by Crippen LogP contribution is -2.47. The highest BCUT2D eigenvalue weighted by atomic mass is 19.1. The van der Waals surface area contributed by atoms with Crippen LogP contribution in [-0.2, 0) is 29.7 Å². The SMILES string of the molecule is CCNC(=NCC1(c2c(F)cccc2F)CCCC1)NC1CCc2nc(COC)nn2C1. The van der Waals surface area contributed by atoms with Crippen molar-refractivity contribution in [3.05, 3.63) is 47.0 Å². The summed E-state index contributed by atoms with van der Waals surface area (Å²) in [6.07, 6.45) is 5.11. The molecule has 9 heteroatoms. The van der Waals surface area contributed by atoms with Crippen LogP contribution in [0.3, 0.4) is 0 Å². The van der Waals surface area contributed by atoms with Crippen molar-refractivity contribution in [2.24, 2.45) is 4.99 Å². The van der Waals surface area contributed by atoms with Crippen molar-refractivity contribution in [1.29, 1.82) is 0 Å². The third-order valence-electron chi connectivity index (χ3n) is 6.45. The van der Waals surface area contributed by atoms with Gasteiger partial charge in [-0.1, -0.05) is 18.9 Å². The zero-order valence-electron chi connectivity index (χ0n) is 18.8. The van der Waals surface area contributed by atoms with Gasteiger partial charge in [0.1, 0.15) is 24.1 Å². The summed E-state index contributed by atoms with van der Waals surface area (Å²) in [6.45, 7) is 4.14. The molecule has 0 spiro atoms. The highest BCUT2D eigenvalue weighted by Crippen LogP contribution is 2.43. The standard InChI is InChI=1S/C23H32F2N6O/c1-3-26-22(28-16-9-10-20-29-19(14-32-2)30-31(20)13-16)27-15-23(11-4-5-12-23)21-17(24)7-6-8-18(21)25/h6-8,16H,3-5,9-15H2,1-2H3,(H2,26,27,28). The average molecular weight is 447 g/mol. The number of hydrogen-bond donors (Lipinski definition) is 2. The van der Waals surface area contributed by atoms with E-state index in [0.717, 1.165) is 44.3 Å². The summed E-state index contributed by atoms with van der Waals surface area (Å²) in [5.74, 6) is 1.38. The van der Waals surface area contributed by atoms with E-state index in [2.05, 4.69) is 20.7 Å². The van der Waals surface area contributed by atoms with E-state index in [1.807, 2.05) is 11.6 Å². The fraction of sp³-hybridized carbons (Fsp3) is 0.609. The Kier molecular flexibility index (Phi) is 7.03. The number of rotatable bonds is 7. The third kappa shape index (κ3) is 4.77. The lowest BCUT2D eigenvalue weighted by atomic mass is 9.78. The molecule has 2 aliphatic rings. The number of methoxy groups -OCH3 is 1. The molecule has 1 aliphatic carbocycles. The number of hydrogen-bond acceptors (Lipinski definition) is 4. The largest absolute Gasteiger partial charge is 0.377 e. The summed E-state index contributed by atoms with van der Waals surface area (Å²) in [4.78, 5) is 9.33. The quantitative estimate of drug-likeness (QED) is 0.505. The Morgan fingerprint density at radius 1 is 1.28 bits per heavy atom. The van der Waals surface area contributed by atoms with Crippen molar-refractivity contribution in [3.63, 3.8) is 0 Å². The van der Waals surface area contributed by atoms with Gasteiger partial charge >= 0.3 is 0 Å². The first-order chi connectivity index (χ1) is 15.5. The van der Waals surface area contributed by atoms with Gasteiger partial charge in [-0.3, -0.25) is 4.99 Å². The Labute approximate surface area is 187 Å². The van der Waals surface area contributed by atoms with Crippen LogP contribution in [0.1, 0.15) is 56.2 Å². The van der Waals surface area contributed by atoms with E-state index in [1.54, 1.807) is 7.11 Å². The molecule has 32 heavy (non-hydrogen) atoms. The molecule has 174 valence electrons. The molecule has 1 aliphatic heterocycles. The Morgan fingerprint density at radius 2 is 2.03 bits per heavy atom. The van der Waals surface area contributed by atoms with Crippen molar-refractivity contribution >= 4 is 5.96 Å². The van der Waals surface area contributed by atoms with Gasteiger partial charge in [-0.2, -0.15) is 5.10 Å². The van der Waals surface area contributed by atoms with E-state index >= 15 is 0 Å². The van der Waals surface area contributed by atoms with E-state index in [0.29, 0.717) is 38.0 Å². The smallest absolute Gasteiger partial charge is 0.191 e. The zero-order valence-corrected chi connectivity index (χ0v) is 18.8. The Morgan fingerprint density at radius 3 is 2.72 bits per heavy atom. The number of nitrogens with zero attached hydrogens (tertiary/aromatic N) is 4. The molecule has 2 N–H and O–H groups in total. The van der Waals surface area contributed by atoms with E-state index in [4.69, 9.17) is 9.73 Å². The van der Waals surface area contributed by atoms with Gasteiger partial charge in [0.25, 0.3) is 0 Å². The zero-order chi connectivity index (χ0) is 22.6. The molecule has 0 radical (unpaired) electrons. The molecule has 1 fully saturated rings. The van der Waals surface area contributed by atoms with Gasteiger partial charge < -0.3 is 15.4 Å². The summed E-state index contributed by atoms with van der Waals surface area (Å²) in [6, 6.07) is 4.26. The van der Waals surface area contributed by atoms with E-state index < -0.39 is 17.0 Å². The fourth-order valence-corrected chi connectivity index (χ4v) is 4.96. The molecular formula is C23H32F2N6O. The van der Waals surface area contributed by atoms with Crippen molar-refractivity contribution < 1.29 is 13.5 Å². The second-order valence-corrected chi connectivity index (χ2v) is 8.72. The molecule has 1 aromatic heterocycles. The molecule has 1 atom stereocenters. The number of aryl methyl sites for hydroxylation is 1. The van der Waals surface area contributed by atoms with Gasteiger partial charge in [0.15, 0.2) is 11.8 Å². The van der Waals surface area contributed by atoms with E-state index in [1.165, 1.54) is 18.2 Å². The Hall–Kier alpha value is -2.55. The summed E-state index contributed by atoms with van der Waals surface area (Å²) >= 11 is 0. The highest BCUT2D eigenvalue weighted by molar-refractivity contribution is 5.80. The minimum atomic E-state index is -0.599. The number of ether oxygens (including phenoxy) is 1. The highest BCUT2D eigenvalue weighted by Gasteiger charge is 2.40. The Balaban J connectivity index is 1.50. The van der Waals surface area contributed by atoms with Crippen LogP contribution in [0.5, 0.6) is 0 Å². The summed E-state index contributed by atoms with van der Waals surface area (Å²) in [7, 11) is 1.63. The first-order valence-corrected chi connectivity index (χ1v) is 11.5. The molecule has 2 aromatic rings. The summed E-state index contributed by atoms with van der Waals surface area (Å²) in [5, 5.41) is 11.3. The van der Waals surface area contributed by atoms with Crippen LogP contribution in [0, 0.1) is 11.6 Å². The molecular weight excluding hydrogens is 414 g/mol. The number of halogens is 2. The predicted octanol–water partition coefficient (Wildman–Crippen LogP) is 3.08. The molecule has 0 saturated heterocycles. The third-order valence-corrected chi connectivity index (χ3v) is 6.45. The molecule has 2 heterocycles. The predicted molar refractivity (Wildman–Crippen MR) is 118 cm³/mol. The number of aromatic nitrogens is 3. The summed E-state index contributed by atoms with van der Waals surface area (Å²) < 4.78 is 36.4. The van der Waals surface area contributed by atoms with Crippen molar-refractivity contribution in [3.8, 4) is 0 Å². The van der Waals surface area contributed by atoms with Crippen LogP contribution in [0.25, 0.3) is 0 Å². The van der Waals surface area contributed by atoms with Crippen LogP contribution in [0.2, 0.25) is 0 Å². The number of guanidine groups is 1. The second kappa shape index (κ2) is 9.94. The summed E-state index contributed by atoms with van der Waals surface area (Å²) in [5.41, 5.74) is -0.411. The van der Waals surface area contributed by atoms with Gasteiger partial charge in [0.05, 0.1) is 13.1 Å². The van der Waals surface area contributed by atoms with Crippen LogP contribution >= 0.6 is 0 Å². The average Bonchev–Trinajstić information content (AvgIpc) is 3.39. The molecule has 1 saturated carbocycles. The maximum absolute atomic E-state index is 14.6. The van der Waals surface area contributed by atoms with Crippen molar-refractivity contribution in [2.75, 3.05) is 20.2 Å². The monoisotopic (exact) mass is 446 g/mol. The van der Waals surface area contributed by atoms with Gasteiger partial charge in [-0.05, 0) is 38.3 Å². The molecule has 4 rings (SSSR count). The number of fused-ring (bicyclic) bond motifs is 1. The first-order valence-electron chi connectivity index (χ1n) is 11.5. The fourth-order valence-electron chi connectivity index (χ4n) is 4.96. The molecule has 0 amide bonds. The second-order valence-electron chi connectivity index (χ2n) is 8.72. The molecule has 7 nitrogen and oxygen atoms in total. The van der Waals surface area contributed by atoms with Crippen LogP contribution in [-0.4, -0.2) is 47.0 Å². The molecule has 1 aromatic carbocycles. The topological polar surface area (TPSA) is 76.4 Å².